The summed E-state index contributed by atoms with van der Waals surface area (Å²) in [4.78, 5) is 22.5. The lowest BCUT2D eigenvalue weighted by molar-refractivity contribution is -0.386. The number of ether oxygens (including phenoxy) is 2. The fraction of sp³-hybridized carbons (Fsp3) is 0.500. The summed E-state index contributed by atoms with van der Waals surface area (Å²) in [6.45, 7) is -0.151. The number of nitro groups is 1. The minimum Gasteiger partial charge on any atom is -0.457 e. The van der Waals surface area contributed by atoms with E-state index < -0.39 is 34.8 Å². The Morgan fingerprint density at radius 3 is 2.82 bits per heavy atom. The summed E-state index contributed by atoms with van der Waals surface area (Å²) in [6, 6.07) is 6.07. The van der Waals surface area contributed by atoms with Crippen molar-refractivity contribution in [3.8, 4) is 0 Å². The van der Waals surface area contributed by atoms with Gasteiger partial charge in [0.25, 0.3) is 5.69 Å². The molecule has 2 aliphatic rings. The average Bonchev–Trinajstić information content (AvgIpc) is 2.77. The van der Waals surface area contributed by atoms with Crippen molar-refractivity contribution < 1.29 is 29.4 Å². The van der Waals surface area contributed by atoms with E-state index in [1.165, 1.54) is 6.07 Å². The van der Waals surface area contributed by atoms with Gasteiger partial charge >= 0.3 is 5.97 Å². The number of benzene rings is 1. The minimum atomic E-state index is -1.35. The lowest BCUT2D eigenvalue weighted by Gasteiger charge is -2.33. The Balaban J connectivity index is 1.79. The quantitative estimate of drug-likeness (QED) is 0.466. The molecule has 0 amide bonds. The van der Waals surface area contributed by atoms with E-state index in [2.05, 4.69) is 0 Å². The maximum atomic E-state index is 12.0. The van der Waals surface area contributed by atoms with E-state index in [0.29, 0.717) is 5.56 Å². The highest BCUT2D eigenvalue weighted by atomic mass is 16.6. The topological polar surface area (TPSA) is 119 Å². The van der Waals surface area contributed by atoms with Crippen molar-refractivity contribution in [2.45, 2.75) is 43.4 Å². The summed E-state index contributed by atoms with van der Waals surface area (Å²) in [5, 5.41) is 30.5. The third kappa shape index (κ3) is 2.35. The van der Waals surface area contributed by atoms with E-state index in [0.717, 1.165) is 0 Å². The van der Waals surface area contributed by atoms with Gasteiger partial charge in [0.2, 0.25) is 0 Å². The molecule has 2 bridgehead atoms. The number of carbonyl (C=O) groups excluding carboxylic acids is 1. The molecule has 0 unspecified atom stereocenters. The number of carbonyl (C=O) groups is 1. The van der Waals surface area contributed by atoms with Gasteiger partial charge < -0.3 is 19.7 Å². The number of rotatable bonds is 4. The normalized spacial score (nSPS) is 33.5. The van der Waals surface area contributed by atoms with Crippen LogP contribution in [0, 0.1) is 10.1 Å². The predicted octanol–water partition coefficient (Wildman–Crippen LogP) is 0.291. The van der Waals surface area contributed by atoms with Crippen molar-refractivity contribution >= 4 is 11.7 Å². The van der Waals surface area contributed by atoms with Crippen molar-refractivity contribution in [2.24, 2.45) is 0 Å². The molecule has 1 heterocycles. The van der Waals surface area contributed by atoms with Crippen LogP contribution in [0.4, 0.5) is 5.69 Å². The maximum absolute atomic E-state index is 12.0. The first-order valence-electron chi connectivity index (χ1n) is 6.86. The Morgan fingerprint density at radius 2 is 2.09 bits per heavy atom. The summed E-state index contributed by atoms with van der Waals surface area (Å²) in [5.74, 6) is -0.647. The molecule has 8 heteroatoms. The zero-order chi connectivity index (χ0) is 15.9. The first-order chi connectivity index (χ1) is 10.4. The molecule has 1 saturated carbocycles. The van der Waals surface area contributed by atoms with Crippen LogP contribution in [0.1, 0.15) is 18.4 Å². The fourth-order valence-corrected chi connectivity index (χ4v) is 2.96. The molecule has 1 aliphatic carbocycles. The second-order valence-corrected chi connectivity index (χ2v) is 5.58. The lowest BCUT2D eigenvalue weighted by Crippen LogP contribution is -2.49. The smallest absolute Gasteiger partial charge is 0.339 e. The average molecular weight is 309 g/mol. The van der Waals surface area contributed by atoms with E-state index in [9.17, 15) is 25.1 Å². The monoisotopic (exact) mass is 309 g/mol. The Morgan fingerprint density at radius 1 is 1.36 bits per heavy atom. The molecule has 1 aromatic carbocycles. The summed E-state index contributed by atoms with van der Waals surface area (Å²) < 4.78 is 10.6. The molecule has 0 spiro atoms. The van der Waals surface area contributed by atoms with Gasteiger partial charge in [0.15, 0.2) is 5.60 Å². The molecule has 8 nitrogen and oxygen atoms in total. The van der Waals surface area contributed by atoms with Gasteiger partial charge in [0, 0.05) is 18.9 Å². The number of aliphatic hydroxyl groups is 2. The molecule has 2 N–H and O–H groups in total. The van der Waals surface area contributed by atoms with E-state index in [-0.39, 0.29) is 25.1 Å². The fourth-order valence-electron chi connectivity index (χ4n) is 2.96. The number of hydrogen-bond acceptors (Lipinski definition) is 7. The van der Waals surface area contributed by atoms with Gasteiger partial charge in [-0.15, -0.1) is 0 Å². The third-order valence-electron chi connectivity index (χ3n) is 4.17. The number of esters is 1. The highest BCUT2D eigenvalue weighted by Crippen LogP contribution is 2.41. The van der Waals surface area contributed by atoms with Crippen LogP contribution in [-0.2, 0) is 20.9 Å². The standard InChI is InChI=1S/C14H15NO7/c16-10-5-14(6-11(12(10)17)22-13(14)18)21-7-8-3-1-2-4-9(8)15(19)20/h1-4,10-12,16-17H,5-7H2/t10-,11-,12-,14+/m1/s1. The molecule has 2 fully saturated rings. The van der Waals surface area contributed by atoms with Crippen molar-refractivity contribution in [3.05, 3.63) is 39.9 Å². The Labute approximate surface area is 125 Å². The Kier molecular flexibility index (Phi) is 3.59. The highest BCUT2D eigenvalue weighted by molar-refractivity contribution is 5.82. The van der Waals surface area contributed by atoms with E-state index in [1.54, 1.807) is 18.2 Å². The zero-order valence-electron chi connectivity index (χ0n) is 11.5. The van der Waals surface area contributed by atoms with Crippen molar-refractivity contribution in [3.63, 3.8) is 0 Å². The van der Waals surface area contributed by atoms with Gasteiger partial charge in [-0.2, -0.15) is 0 Å². The number of fused-ring (bicyclic) bond motifs is 2. The number of para-hydroxylation sites is 1. The molecular formula is C14H15NO7. The summed E-state index contributed by atoms with van der Waals surface area (Å²) in [6.07, 6.45) is -3.03. The Bertz CT molecular complexity index is 619. The largest absolute Gasteiger partial charge is 0.457 e. The zero-order valence-corrected chi connectivity index (χ0v) is 11.5. The van der Waals surface area contributed by atoms with Crippen LogP contribution in [-0.4, -0.2) is 45.0 Å². The van der Waals surface area contributed by atoms with Crippen molar-refractivity contribution in [1.29, 1.82) is 0 Å². The molecule has 1 aliphatic heterocycles. The van der Waals surface area contributed by atoms with E-state index in [1.807, 2.05) is 0 Å². The summed E-state index contributed by atoms with van der Waals surface area (Å²) >= 11 is 0. The van der Waals surface area contributed by atoms with Crippen molar-refractivity contribution in [1.82, 2.24) is 0 Å². The van der Waals surface area contributed by atoms with Crippen molar-refractivity contribution in [2.75, 3.05) is 0 Å². The van der Waals surface area contributed by atoms with Gasteiger partial charge in [-0.25, -0.2) is 4.79 Å². The molecule has 3 rings (SSSR count). The van der Waals surface area contributed by atoms with Gasteiger partial charge in [0.1, 0.15) is 12.2 Å². The summed E-state index contributed by atoms with van der Waals surface area (Å²) in [7, 11) is 0. The van der Waals surface area contributed by atoms with Gasteiger partial charge in [-0.3, -0.25) is 10.1 Å². The number of aliphatic hydroxyl groups excluding tert-OH is 2. The van der Waals surface area contributed by atoms with Gasteiger partial charge in [-0.1, -0.05) is 12.1 Å². The molecular weight excluding hydrogens is 294 g/mol. The molecule has 0 aromatic heterocycles. The van der Waals surface area contributed by atoms with Crippen LogP contribution in [0.5, 0.6) is 0 Å². The van der Waals surface area contributed by atoms with Crippen LogP contribution in [0.15, 0.2) is 24.3 Å². The molecule has 0 radical (unpaired) electrons. The second kappa shape index (κ2) is 5.31. The van der Waals surface area contributed by atoms with Gasteiger partial charge in [0.05, 0.1) is 23.2 Å². The van der Waals surface area contributed by atoms with Crippen LogP contribution in [0.3, 0.4) is 0 Å². The summed E-state index contributed by atoms with van der Waals surface area (Å²) in [5.41, 5.74) is -1.12. The number of nitro benzene ring substituents is 1. The first-order valence-corrected chi connectivity index (χ1v) is 6.86. The number of nitrogens with zero attached hydrogens (tertiary/aromatic N) is 1. The molecule has 118 valence electrons. The number of hydrogen-bond donors (Lipinski definition) is 2. The highest BCUT2D eigenvalue weighted by Gasteiger charge is 2.59. The third-order valence-corrected chi connectivity index (χ3v) is 4.17. The van der Waals surface area contributed by atoms with Gasteiger partial charge in [-0.05, 0) is 6.07 Å². The molecule has 4 atom stereocenters. The second-order valence-electron chi connectivity index (χ2n) is 5.58. The van der Waals surface area contributed by atoms with E-state index >= 15 is 0 Å². The SMILES string of the molecule is O=C1O[C@@H]2C[C@@]1(OCc1ccccc1[N+](=O)[O-])C[C@@H](O)[C@H]2O. The van der Waals surface area contributed by atoms with E-state index in [4.69, 9.17) is 9.47 Å². The maximum Gasteiger partial charge on any atom is 0.339 e. The lowest BCUT2D eigenvalue weighted by atomic mass is 9.82. The molecule has 1 aromatic rings. The van der Waals surface area contributed by atoms with Crippen LogP contribution in [0.25, 0.3) is 0 Å². The van der Waals surface area contributed by atoms with Crippen LogP contribution in [0.2, 0.25) is 0 Å². The first kappa shape index (κ1) is 14.9. The van der Waals surface area contributed by atoms with Crippen LogP contribution < -0.4 is 0 Å². The van der Waals surface area contributed by atoms with Crippen LogP contribution >= 0.6 is 0 Å². The molecule has 1 saturated heterocycles. The Hall–Kier alpha value is -2.03. The minimum absolute atomic E-state index is 0.0931. The predicted molar refractivity (Wildman–Crippen MR) is 71.7 cm³/mol. The molecule has 22 heavy (non-hydrogen) atoms.